The lowest BCUT2D eigenvalue weighted by atomic mass is 9.62. The fraction of sp³-hybridized carbons (Fsp3) is 0.957. The zero-order chi connectivity index (χ0) is 19.1. The van der Waals surface area contributed by atoms with Crippen molar-refractivity contribution in [2.45, 2.75) is 94.0 Å². The van der Waals surface area contributed by atoms with Crippen molar-refractivity contribution < 1.29 is 0 Å². The highest BCUT2D eigenvalue weighted by molar-refractivity contribution is 7.98. The van der Waals surface area contributed by atoms with Crippen LogP contribution in [0.4, 0.5) is 0 Å². The lowest BCUT2D eigenvalue weighted by molar-refractivity contribution is 0.0480. The summed E-state index contributed by atoms with van der Waals surface area (Å²) >= 11 is 2.06. The molecule has 4 unspecified atom stereocenters. The van der Waals surface area contributed by atoms with Crippen molar-refractivity contribution in [1.82, 2.24) is 9.62 Å². The topological polar surface area (TPSA) is 65.1 Å². The van der Waals surface area contributed by atoms with Crippen molar-refractivity contribution >= 4 is 11.9 Å². The molecule has 0 radical (unpaired) electrons. The third-order valence-corrected chi connectivity index (χ3v) is 10.3. The smallest absolute Gasteiger partial charge is 0.0655 e. The molecule has 2 aliphatic carbocycles. The van der Waals surface area contributed by atoms with Gasteiger partial charge in [-0.3, -0.25) is 9.62 Å². The summed E-state index contributed by atoms with van der Waals surface area (Å²) in [5, 5.41) is 10.1. The highest BCUT2D eigenvalue weighted by Crippen LogP contribution is 2.50. The van der Waals surface area contributed by atoms with Gasteiger partial charge in [-0.25, -0.2) is 0 Å². The Labute approximate surface area is 175 Å². The van der Waals surface area contributed by atoms with Gasteiger partial charge in [0.1, 0.15) is 0 Å². The number of nitriles is 1. The highest BCUT2D eigenvalue weighted by atomic mass is 32.2. The van der Waals surface area contributed by atoms with Gasteiger partial charge in [-0.05, 0) is 87.9 Å². The third kappa shape index (κ3) is 3.64. The van der Waals surface area contributed by atoms with Gasteiger partial charge in [0.25, 0.3) is 0 Å². The molecule has 156 valence electrons. The van der Waals surface area contributed by atoms with E-state index < -0.39 is 0 Å². The molecular weight excluding hydrogens is 364 g/mol. The molecule has 7 atom stereocenters. The van der Waals surface area contributed by atoms with Crippen LogP contribution in [0.1, 0.15) is 70.6 Å². The standard InChI is InChI=1S/C23H38N4S/c24-13-15-4-6-16(7-5-15)19-3-1-2-17(23(19)22-10-11-26-28-22)14-27-18-8-9-21(27)20(25)12-18/h15-23,26H,1-12,14,25H2/t15?,16?,17?,18-,19?,20+,21+,22?,23?/m0/s1. The predicted molar refractivity (Wildman–Crippen MR) is 115 cm³/mol. The molecule has 4 nitrogen and oxygen atoms in total. The van der Waals surface area contributed by atoms with E-state index in [1.165, 1.54) is 70.9 Å². The van der Waals surface area contributed by atoms with Crippen LogP contribution in [-0.2, 0) is 0 Å². The Bertz CT molecular complexity index is 578. The van der Waals surface area contributed by atoms with E-state index in [0.29, 0.717) is 18.0 Å². The zero-order valence-electron chi connectivity index (χ0n) is 17.3. The first-order chi connectivity index (χ1) is 13.7. The highest BCUT2D eigenvalue weighted by Gasteiger charge is 2.49. The van der Waals surface area contributed by atoms with Crippen LogP contribution >= 0.6 is 11.9 Å². The minimum Gasteiger partial charge on any atom is -0.326 e. The molecule has 28 heavy (non-hydrogen) atoms. The number of rotatable bonds is 4. The van der Waals surface area contributed by atoms with Crippen molar-refractivity contribution in [3.63, 3.8) is 0 Å². The Balaban J connectivity index is 1.32. The third-order valence-electron chi connectivity index (χ3n) is 9.08. The van der Waals surface area contributed by atoms with Gasteiger partial charge in [0, 0.05) is 42.4 Å². The average molecular weight is 403 g/mol. The predicted octanol–water partition coefficient (Wildman–Crippen LogP) is 3.92. The Kier molecular flexibility index (Phi) is 5.94. The van der Waals surface area contributed by atoms with Gasteiger partial charge >= 0.3 is 0 Å². The van der Waals surface area contributed by atoms with Crippen molar-refractivity contribution in [1.29, 1.82) is 5.26 Å². The quantitative estimate of drug-likeness (QED) is 0.698. The van der Waals surface area contributed by atoms with Crippen LogP contribution in [0.15, 0.2) is 0 Å². The molecule has 3 N–H and O–H groups in total. The zero-order valence-corrected chi connectivity index (χ0v) is 18.1. The number of nitrogens with zero attached hydrogens (tertiary/aromatic N) is 2. The summed E-state index contributed by atoms with van der Waals surface area (Å²) in [5.41, 5.74) is 6.46. The van der Waals surface area contributed by atoms with Crippen molar-refractivity contribution in [2.24, 2.45) is 35.3 Å². The molecule has 3 aliphatic heterocycles. The maximum absolute atomic E-state index is 9.31. The second-order valence-electron chi connectivity index (χ2n) is 10.4. The van der Waals surface area contributed by atoms with Gasteiger partial charge in [-0.1, -0.05) is 18.4 Å². The van der Waals surface area contributed by atoms with Gasteiger partial charge in [0.15, 0.2) is 0 Å². The van der Waals surface area contributed by atoms with Gasteiger partial charge in [-0.15, -0.1) is 0 Å². The van der Waals surface area contributed by atoms with Crippen LogP contribution in [0, 0.1) is 40.9 Å². The van der Waals surface area contributed by atoms with E-state index in [-0.39, 0.29) is 0 Å². The monoisotopic (exact) mass is 402 g/mol. The molecule has 0 aromatic carbocycles. The summed E-state index contributed by atoms with van der Waals surface area (Å²) in [6.45, 7) is 2.50. The molecule has 2 bridgehead atoms. The van der Waals surface area contributed by atoms with Crippen LogP contribution in [0.3, 0.4) is 0 Å². The fourth-order valence-corrected chi connectivity index (χ4v) is 9.04. The first-order valence-electron chi connectivity index (χ1n) is 12.0. The molecule has 5 aliphatic rings. The molecule has 3 saturated heterocycles. The van der Waals surface area contributed by atoms with E-state index in [9.17, 15) is 5.26 Å². The van der Waals surface area contributed by atoms with Crippen molar-refractivity contribution in [2.75, 3.05) is 13.1 Å². The maximum Gasteiger partial charge on any atom is 0.0655 e. The van der Waals surface area contributed by atoms with Crippen molar-refractivity contribution in [3.8, 4) is 6.07 Å². The van der Waals surface area contributed by atoms with Crippen LogP contribution in [0.5, 0.6) is 0 Å². The first-order valence-corrected chi connectivity index (χ1v) is 12.9. The Morgan fingerprint density at radius 3 is 2.54 bits per heavy atom. The van der Waals surface area contributed by atoms with Gasteiger partial charge in [0.2, 0.25) is 0 Å². The molecule has 5 fully saturated rings. The number of fused-ring (bicyclic) bond motifs is 2. The van der Waals surface area contributed by atoms with Crippen molar-refractivity contribution in [3.05, 3.63) is 0 Å². The first kappa shape index (κ1) is 19.7. The molecule has 0 spiro atoms. The molecule has 0 aromatic heterocycles. The summed E-state index contributed by atoms with van der Waals surface area (Å²) in [7, 11) is 0. The molecule has 3 heterocycles. The van der Waals surface area contributed by atoms with Crippen LogP contribution < -0.4 is 10.5 Å². The number of hydrogen-bond acceptors (Lipinski definition) is 5. The van der Waals surface area contributed by atoms with E-state index in [1.807, 2.05) is 0 Å². The molecule has 0 amide bonds. The fourth-order valence-electron chi connectivity index (χ4n) is 7.77. The largest absolute Gasteiger partial charge is 0.326 e. The lowest BCUT2D eigenvalue weighted by Gasteiger charge is -2.47. The van der Waals surface area contributed by atoms with E-state index in [0.717, 1.165) is 47.8 Å². The van der Waals surface area contributed by atoms with Crippen LogP contribution in [-0.4, -0.2) is 41.4 Å². The van der Waals surface area contributed by atoms with E-state index in [1.54, 1.807) is 0 Å². The van der Waals surface area contributed by atoms with Crippen LogP contribution in [0.2, 0.25) is 0 Å². The van der Waals surface area contributed by atoms with Gasteiger partial charge in [-0.2, -0.15) is 5.26 Å². The number of nitrogens with two attached hydrogens (primary N) is 1. The Morgan fingerprint density at radius 2 is 1.89 bits per heavy atom. The van der Waals surface area contributed by atoms with E-state index in [4.69, 9.17) is 5.73 Å². The lowest BCUT2D eigenvalue weighted by Crippen LogP contribution is -2.46. The van der Waals surface area contributed by atoms with Gasteiger partial charge < -0.3 is 5.73 Å². The Hall–Kier alpha value is -0.280. The minimum atomic E-state index is 0.332. The molecular formula is C23H38N4S. The summed E-state index contributed by atoms with van der Waals surface area (Å²) in [6.07, 6.45) is 14.5. The summed E-state index contributed by atoms with van der Waals surface area (Å²) < 4.78 is 3.60. The van der Waals surface area contributed by atoms with E-state index >= 15 is 0 Å². The second-order valence-corrected chi connectivity index (χ2v) is 11.5. The number of hydrogen-bond donors (Lipinski definition) is 2. The normalized spacial score (nSPS) is 49.4. The molecule has 0 aromatic rings. The van der Waals surface area contributed by atoms with E-state index in [2.05, 4.69) is 27.6 Å². The average Bonchev–Trinajstić information content (AvgIpc) is 3.45. The SMILES string of the molecule is N#CC1CCC(C2CCCC(CN3[C@H]4CC[C@@H]3[C@H](N)C4)C2C2CCNS2)CC1. The Morgan fingerprint density at radius 1 is 1.04 bits per heavy atom. The number of nitrogens with one attached hydrogen (secondary N) is 1. The maximum atomic E-state index is 9.31. The molecule has 5 heteroatoms. The molecule has 2 saturated carbocycles. The van der Waals surface area contributed by atoms with Gasteiger partial charge in [0.05, 0.1) is 6.07 Å². The minimum absolute atomic E-state index is 0.332. The van der Waals surface area contributed by atoms with Crippen LogP contribution in [0.25, 0.3) is 0 Å². The summed E-state index contributed by atoms with van der Waals surface area (Å²) in [5.74, 6) is 3.83. The summed E-state index contributed by atoms with van der Waals surface area (Å²) in [6, 6.07) is 4.42. The molecule has 5 rings (SSSR count). The second kappa shape index (κ2) is 8.46. The summed E-state index contributed by atoms with van der Waals surface area (Å²) in [4.78, 5) is 2.85.